The van der Waals surface area contributed by atoms with Crippen molar-refractivity contribution in [3.8, 4) is 0 Å². The van der Waals surface area contributed by atoms with Gasteiger partial charge in [0.15, 0.2) is 5.69 Å². The van der Waals surface area contributed by atoms with E-state index in [1.807, 2.05) is 24.3 Å². The lowest BCUT2D eigenvalue weighted by molar-refractivity contribution is -0.144. The summed E-state index contributed by atoms with van der Waals surface area (Å²) >= 11 is 0. The summed E-state index contributed by atoms with van der Waals surface area (Å²) < 4.78 is 0. The molecule has 0 aromatic heterocycles. The zero-order valence-corrected chi connectivity index (χ0v) is 12.7. The molecule has 0 amide bonds. The van der Waals surface area contributed by atoms with Gasteiger partial charge in [0, 0.05) is 5.41 Å². The summed E-state index contributed by atoms with van der Waals surface area (Å²) in [6.45, 7) is 7.11. The Morgan fingerprint density at radius 1 is 1.09 bits per heavy atom. The summed E-state index contributed by atoms with van der Waals surface area (Å²) in [6.07, 6.45) is 6.41. The van der Waals surface area contributed by atoms with Gasteiger partial charge in [-0.25, -0.2) is 4.85 Å². The van der Waals surface area contributed by atoms with Gasteiger partial charge >= 0.3 is 5.97 Å². The van der Waals surface area contributed by atoms with Crippen molar-refractivity contribution in [1.82, 2.24) is 0 Å². The molecule has 5 rings (SSSR count). The van der Waals surface area contributed by atoms with E-state index in [9.17, 15) is 9.90 Å². The monoisotopic (exact) mass is 295 g/mol. The summed E-state index contributed by atoms with van der Waals surface area (Å²) in [6, 6.07) is 7.77. The first kappa shape index (κ1) is 13.8. The predicted molar refractivity (Wildman–Crippen MR) is 83.7 cm³/mol. The molecule has 4 bridgehead atoms. The van der Waals surface area contributed by atoms with Gasteiger partial charge in [0.2, 0.25) is 0 Å². The van der Waals surface area contributed by atoms with Crippen LogP contribution in [0.2, 0.25) is 0 Å². The number of carboxylic acids is 1. The normalized spacial score (nSPS) is 38.7. The van der Waals surface area contributed by atoms with E-state index in [1.54, 1.807) is 0 Å². The number of carbonyl (C=O) groups is 1. The third kappa shape index (κ3) is 1.90. The minimum absolute atomic E-state index is 0.195. The van der Waals surface area contributed by atoms with E-state index in [0.29, 0.717) is 17.5 Å². The van der Waals surface area contributed by atoms with E-state index in [2.05, 4.69) is 4.85 Å². The highest BCUT2D eigenvalue weighted by atomic mass is 16.4. The van der Waals surface area contributed by atoms with E-state index in [-0.39, 0.29) is 11.8 Å². The minimum atomic E-state index is -0.679. The number of hydrogen-bond donors (Lipinski definition) is 1. The summed E-state index contributed by atoms with van der Waals surface area (Å²) in [5.41, 5.74) is 1.61. The minimum Gasteiger partial charge on any atom is -0.481 e. The van der Waals surface area contributed by atoms with Gasteiger partial charge in [-0.15, -0.1) is 0 Å². The molecular weight excluding hydrogens is 274 g/mol. The van der Waals surface area contributed by atoms with Crippen LogP contribution in [-0.2, 0) is 10.2 Å². The molecule has 1 aromatic carbocycles. The largest absolute Gasteiger partial charge is 0.481 e. The van der Waals surface area contributed by atoms with E-state index in [4.69, 9.17) is 6.57 Å². The van der Waals surface area contributed by atoms with Crippen LogP contribution in [-0.4, -0.2) is 11.1 Å². The molecule has 114 valence electrons. The first-order valence-corrected chi connectivity index (χ1v) is 8.31. The number of rotatable bonds is 3. The predicted octanol–water partition coefficient (Wildman–Crippen LogP) is 4.41. The molecule has 1 aromatic rings. The van der Waals surface area contributed by atoms with Crippen molar-refractivity contribution < 1.29 is 9.90 Å². The van der Waals surface area contributed by atoms with Crippen LogP contribution in [0, 0.1) is 30.2 Å². The zero-order chi connectivity index (χ0) is 15.3. The molecule has 0 spiro atoms. The lowest BCUT2D eigenvalue weighted by atomic mass is 9.43. The fraction of sp³-hybridized carbons (Fsp3) is 0.579. The third-order valence-electron chi connectivity index (χ3n) is 6.57. The quantitative estimate of drug-likeness (QED) is 0.839. The maximum atomic E-state index is 11.6. The van der Waals surface area contributed by atoms with E-state index in [0.717, 1.165) is 17.4 Å². The van der Waals surface area contributed by atoms with Crippen LogP contribution in [0.15, 0.2) is 24.3 Å². The highest BCUT2D eigenvalue weighted by Gasteiger charge is 2.58. The van der Waals surface area contributed by atoms with Crippen LogP contribution >= 0.6 is 0 Å². The molecule has 4 aliphatic rings. The van der Waals surface area contributed by atoms with Gasteiger partial charge in [0.1, 0.15) is 0 Å². The highest BCUT2D eigenvalue weighted by Crippen LogP contribution is 2.64. The fourth-order valence-electron chi connectivity index (χ4n) is 5.98. The number of aliphatic carboxylic acids is 1. The van der Waals surface area contributed by atoms with Crippen molar-refractivity contribution in [3.63, 3.8) is 0 Å². The molecule has 0 aliphatic heterocycles. The van der Waals surface area contributed by atoms with Crippen molar-refractivity contribution in [2.75, 3.05) is 0 Å². The van der Waals surface area contributed by atoms with E-state index < -0.39 is 5.97 Å². The molecular formula is C19H21NO2. The second kappa shape index (κ2) is 4.84. The van der Waals surface area contributed by atoms with Crippen molar-refractivity contribution in [2.45, 2.75) is 43.9 Å². The highest BCUT2D eigenvalue weighted by molar-refractivity contribution is 5.70. The van der Waals surface area contributed by atoms with Gasteiger partial charge in [0.05, 0.1) is 13.0 Å². The van der Waals surface area contributed by atoms with Crippen molar-refractivity contribution in [3.05, 3.63) is 41.2 Å². The fourth-order valence-corrected chi connectivity index (χ4v) is 5.98. The molecule has 0 heterocycles. The lowest BCUT2D eigenvalue weighted by Crippen LogP contribution is -2.56. The maximum Gasteiger partial charge on any atom is 0.304 e. The van der Waals surface area contributed by atoms with Gasteiger partial charge in [-0.1, -0.05) is 24.3 Å². The summed E-state index contributed by atoms with van der Waals surface area (Å²) in [5.74, 6) is 2.00. The molecule has 4 saturated carbocycles. The summed E-state index contributed by atoms with van der Waals surface area (Å²) in [7, 11) is 0. The Labute approximate surface area is 131 Å². The topological polar surface area (TPSA) is 41.7 Å². The average Bonchev–Trinajstić information content (AvgIpc) is 2.50. The average molecular weight is 295 g/mol. The van der Waals surface area contributed by atoms with Crippen LogP contribution in [0.25, 0.3) is 4.85 Å². The van der Waals surface area contributed by atoms with Gasteiger partial charge in [-0.2, -0.15) is 0 Å². The Hall–Kier alpha value is -1.82. The number of benzene rings is 1. The van der Waals surface area contributed by atoms with Crippen LogP contribution in [0.1, 0.15) is 44.1 Å². The standard InChI is InChI=1S/C19H21NO2/c1-20-17-4-2-14(3-5-17)19(11-18(21)22)15-7-12-6-13(9-15)10-16(19)8-12/h2-5,12-13,15-16H,6-11H2,(H,21,22). The lowest BCUT2D eigenvalue weighted by Gasteiger charge is -2.61. The van der Waals surface area contributed by atoms with Gasteiger partial charge in [-0.05, 0) is 61.3 Å². The maximum absolute atomic E-state index is 11.6. The molecule has 0 radical (unpaired) electrons. The molecule has 0 unspecified atom stereocenters. The Morgan fingerprint density at radius 3 is 2.09 bits per heavy atom. The van der Waals surface area contributed by atoms with Gasteiger partial charge in [0.25, 0.3) is 0 Å². The van der Waals surface area contributed by atoms with Crippen LogP contribution in [0.3, 0.4) is 0 Å². The molecule has 0 atom stereocenters. The zero-order valence-electron chi connectivity index (χ0n) is 12.7. The number of nitrogens with zero attached hydrogens (tertiary/aromatic N) is 1. The molecule has 22 heavy (non-hydrogen) atoms. The molecule has 4 aliphatic carbocycles. The first-order valence-electron chi connectivity index (χ1n) is 8.31. The SMILES string of the molecule is [C-]#[N+]c1ccc(C2(CC(=O)O)C3CC4CC(C3)CC2C4)cc1. The van der Waals surface area contributed by atoms with E-state index in [1.165, 1.54) is 32.1 Å². The van der Waals surface area contributed by atoms with Crippen molar-refractivity contribution in [1.29, 1.82) is 0 Å². The molecule has 4 fully saturated rings. The summed E-state index contributed by atoms with van der Waals surface area (Å²) in [5, 5.41) is 9.58. The molecule has 1 N–H and O–H groups in total. The van der Waals surface area contributed by atoms with Crippen LogP contribution < -0.4 is 0 Å². The Kier molecular flexibility index (Phi) is 3.04. The van der Waals surface area contributed by atoms with Gasteiger partial charge in [-0.3, -0.25) is 4.79 Å². The van der Waals surface area contributed by atoms with Crippen molar-refractivity contribution >= 4 is 11.7 Å². The van der Waals surface area contributed by atoms with Gasteiger partial charge < -0.3 is 5.11 Å². The second-order valence-electron chi connectivity index (χ2n) is 7.57. The van der Waals surface area contributed by atoms with Crippen molar-refractivity contribution in [2.24, 2.45) is 23.7 Å². The first-order chi connectivity index (χ1) is 10.6. The number of hydrogen-bond acceptors (Lipinski definition) is 1. The summed E-state index contributed by atoms with van der Waals surface area (Å²) in [4.78, 5) is 15.1. The third-order valence-corrected chi connectivity index (χ3v) is 6.57. The van der Waals surface area contributed by atoms with E-state index >= 15 is 0 Å². The number of carboxylic acid groups (broad SMARTS) is 1. The second-order valence-corrected chi connectivity index (χ2v) is 7.57. The van der Waals surface area contributed by atoms with Crippen LogP contribution in [0.4, 0.5) is 5.69 Å². The Morgan fingerprint density at radius 2 is 1.64 bits per heavy atom. The molecule has 3 nitrogen and oxygen atoms in total. The Balaban J connectivity index is 1.80. The van der Waals surface area contributed by atoms with Crippen LogP contribution in [0.5, 0.6) is 0 Å². The molecule has 0 saturated heterocycles. The Bertz CT molecular complexity index is 612. The molecule has 3 heteroatoms. The smallest absolute Gasteiger partial charge is 0.304 e.